The van der Waals surface area contributed by atoms with Crippen molar-refractivity contribution in [2.45, 2.75) is 109 Å². The van der Waals surface area contributed by atoms with E-state index in [1.165, 1.54) is 36.1 Å². The molecule has 1 saturated heterocycles. The maximum Gasteiger partial charge on any atom is 0.340 e. The molecule has 0 radical (unpaired) electrons. The number of esters is 1. The van der Waals surface area contributed by atoms with Crippen LogP contribution in [0.2, 0.25) is 0 Å². The Balaban J connectivity index is 0.881. The number of carboxylic acid groups (broad SMARTS) is 1. The summed E-state index contributed by atoms with van der Waals surface area (Å²) in [6.45, 7) is 7.23. The molecule has 3 aliphatic rings. The van der Waals surface area contributed by atoms with Crippen molar-refractivity contribution in [3.8, 4) is 11.5 Å². The second-order valence-electron chi connectivity index (χ2n) is 23.0. The Morgan fingerprint density at radius 3 is 2.14 bits per heavy atom. The summed E-state index contributed by atoms with van der Waals surface area (Å²) < 4.78 is 28.1. The summed E-state index contributed by atoms with van der Waals surface area (Å²) in [4.78, 5) is 125. The molecule has 0 bridgehead atoms. The minimum absolute atomic E-state index is 0.00925. The Morgan fingerprint density at radius 2 is 1.48 bits per heavy atom. The lowest BCUT2D eigenvalue weighted by Gasteiger charge is -2.37. The summed E-state index contributed by atoms with van der Waals surface area (Å²) in [5.41, 5.74) is 2.59. The third-order valence-electron chi connectivity index (χ3n) is 16.1. The first-order valence-electron chi connectivity index (χ1n) is 29.2. The van der Waals surface area contributed by atoms with Gasteiger partial charge in [-0.2, -0.15) is 0 Å². The first-order valence-corrected chi connectivity index (χ1v) is 29.2. The number of Topliss-reactive ketones (excluding diaryl/α,β-unsaturated/α-hetero) is 3. The summed E-state index contributed by atoms with van der Waals surface area (Å²) in [5, 5.41) is 36.6. The van der Waals surface area contributed by atoms with E-state index in [9.17, 15) is 48.5 Å². The van der Waals surface area contributed by atoms with Crippen molar-refractivity contribution >= 4 is 80.8 Å². The summed E-state index contributed by atoms with van der Waals surface area (Å²) >= 11 is 0. The van der Waals surface area contributed by atoms with E-state index in [2.05, 4.69) is 26.3 Å². The van der Waals surface area contributed by atoms with Crippen molar-refractivity contribution in [3.63, 3.8) is 0 Å². The van der Waals surface area contributed by atoms with Crippen LogP contribution in [0.4, 0.5) is 22.7 Å². The largest absolute Gasteiger partial charge is 0.480 e. The zero-order valence-electron chi connectivity index (χ0n) is 50.2. The molecule has 3 aliphatic heterocycles. The van der Waals surface area contributed by atoms with Crippen LogP contribution >= 0.6 is 0 Å². The zero-order valence-corrected chi connectivity index (χ0v) is 50.2. The fraction of sp³-hybridized carbons (Fsp3) is 0.484. The third kappa shape index (κ3) is 14.5. The molecule has 87 heavy (non-hydrogen) atoms. The van der Waals surface area contributed by atoms with Crippen LogP contribution in [0, 0.1) is 27.9 Å². The van der Waals surface area contributed by atoms with Gasteiger partial charge in [0.15, 0.2) is 28.5 Å². The Morgan fingerprint density at radius 1 is 0.805 bits per heavy atom. The molecule has 25 nitrogen and oxygen atoms in total. The lowest BCUT2D eigenvalue weighted by Crippen LogP contribution is -2.48. The van der Waals surface area contributed by atoms with Crippen LogP contribution in [0.25, 0.3) is 11.0 Å². The molecule has 25 heteroatoms. The molecule has 5 unspecified atom stereocenters. The Hall–Kier alpha value is -8.84. The number of anilines is 3. The summed E-state index contributed by atoms with van der Waals surface area (Å²) in [5.74, 6) is -5.39. The van der Waals surface area contributed by atoms with Gasteiger partial charge in [-0.25, -0.2) is 14.2 Å². The van der Waals surface area contributed by atoms with Crippen LogP contribution in [-0.4, -0.2) is 158 Å². The number of likely N-dealkylation sites (tertiary alicyclic amines) is 1. The molecule has 5 atom stereocenters. The summed E-state index contributed by atoms with van der Waals surface area (Å²) in [6.07, 6.45) is 1.95. The monoisotopic (exact) mass is 1200 g/mol. The van der Waals surface area contributed by atoms with Gasteiger partial charge in [-0.05, 0) is 110 Å². The molecule has 0 aliphatic carbocycles. The van der Waals surface area contributed by atoms with Crippen molar-refractivity contribution in [2.24, 2.45) is 17.8 Å². The number of carbonyl (C=O) groups is 8. The molecule has 1 spiro atoms. The minimum atomic E-state index is -1.48. The maximum atomic E-state index is 14.3. The number of rotatable bonds is 31. The Kier molecular flexibility index (Phi) is 20.7. The molecule has 1 fully saturated rings. The van der Waals surface area contributed by atoms with Crippen molar-refractivity contribution in [1.82, 2.24) is 25.8 Å². The standard InChI is InChI=1S/C62H75N9O16/c1-35(2)42(59(78)65-46(50(72)15-12-26-83-27-28-84-34-55(75)76)13-9-10-24-63-47-22-23-49(71(81)82)57-56(47)66-87-67-57)33-52(74)48-14-11-25-70(48)60(79)36(3)29-51(73)37(4)64-58(77)38-16-19-41-45(30-38)62(86-61(41)80)43-20-17-39(68(5)6)31-53(43)85-54-32-40(69(7)8)18-21-44(54)62/h16-23,30-32,35-37,42,46,48,63H,9-15,24-29,33-34H2,1-8H3,(H,64,77)(H,65,78)(H,75,76). The van der Waals surface area contributed by atoms with E-state index in [1.807, 2.05) is 74.4 Å². The number of aromatic nitrogens is 2. The SMILES string of the molecule is CC(CC(=O)C(C)NC(=O)c1ccc2c(c1)C1(OC2=O)c2ccc(N(C)C)cc2Oc2cc(N(C)C)ccc21)C(=O)N1CCCC1C(=O)CC(C(=O)NC(CCCCNc1ccc([N+](=O)[O-])c2nonc12)C(=O)CCCOCCOCC(=O)O)C(C)C. The first-order chi connectivity index (χ1) is 41.5. The molecular formula is C62H75N9O16. The molecule has 1 aromatic heterocycles. The van der Waals surface area contributed by atoms with Gasteiger partial charge in [0.25, 0.3) is 5.91 Å². The van der Waals surface area contributed by atoms with Crippen LogP contribution in [0.5, 0.6) is 11.5 Å². The van der Waals surface area contributed by atoms with E-state index in [1.54, 1.807) is 26.8 Å². The van der Waals surface area contributed by atoms with Gasteiger partial charge in [0, 0.05) is 131 Å². The van der Waals surface area contributed by atoms with Gasteiger partial charge in [0.1, 0.15) is 18.1 Å². The molecule has 4 N–H and O–H groups in total. The Bertz CT molecular complexity index is 3380. The highest BCUT2D eigenvalue weighted by Gasteiger charge is 2.54. The van der Waals surface area contributed by atoms with E-state index in [0.29, 0.717) is 72.5 Å². The first kappa shape index (κ1) is 64.2. The van der Waals surface area contributed by atoms with E-state index in [4.69, 9.17) is 28.7 Å². The predicted molar refractivity (Wildman–Crippen MR) is 318 cm³/mol. The summed E-state index contributed by atoms with van der Waals surface area (Å²) in [6, 6.07) is 15.8. The fourth-order valence-electron chi connectivity index (χ4n) is 11.3. The highest BCUT2D eigenvalue weighted by Crippen LogP contribution is 2.57. The second-order valence-corrected chi connectivity index (χ2v) is 23.0. The number of hydrogen-bond acceptors (Lipinski definition) is 20. The number of benzene rings is 4. The third-order valence-corrected chi connectivity index (χ3v) is 16.1. The van der Waals surface area contributed by atoms with E-state index in [-0.39, 0.29) is 97.4 Å². The van der Waals surface area contributed by atoms with Crippen LogP contribution in [0.3, 0.4) is 0 Å². The minimum Gasteiger partial charge on any atom is -0.480 e. The van der Waals surface area contributed by atoms with Crippen molar-refractivity contribution in [1.29, 1.82) is 0 Å². The quantitative estimate of drug-likeness (QED) is 0.0150. The molecular weight excluding hydrogens is 1130 g/mol. The molecule has 4 aromatic carbocycles. The lowest BCUT2D eigenvalue weighted by molar-refractivity contribution is -0.383. The molecule has 0 saturated carbocycles. The van der Waals surface area contributed by atoms with Gasteiger partial charge < -0.3 is 54.7 Å². The van der Waals surface area contributed by atoms with Crippen LogP contribution in [-0.2, 0) is 48.6 Å². The van der Waals surface area contributed by atoms with Gasteiger partial charge in [0.2, 0.25) is 17.3 Å². The number of carbonyl (C=O) groups excluding carboxylic acids is 7. The molecule has 8 rings (SSSR count). The van der Waals surface area contributed by atoms with Crippen molar-refractivity contribution < 1.29 is 72.0 Å². The predicted octanol–water partition coefficient (Wildman–Crippen LogP) is 7.00. The number of nitrogens with zero attached hydrogens (tertiary/aromatic N) is 6. The fourth-order valence-corrected chi connectivity index (χ4v) is 11.3. The van der Waals surface area contributed by atoms with Gasteiger partial charge in [-0.15, -0.1) is 0 Å². The number of hydrogen-bond donors (Lipinski definition) is 4. The molecule has 4 heterocycles. The number of ether oxygens (including phenoxy) is 4. The average molecular weight is 1200 g/mol. The normalized spacial score (nSPS) is 15.9. The summed E-state index contributed by atoms with van der Waals surface area (Å²) in [7, 11) is 7.61. The number of ketones is 3. The smallest absolute Gasteiger partial charge is 0.340 e. The number of non-ortho nitro benzene ring substituents is 1. The second kappa shape index (κ2) is 28.1. The van der Waals surface area contributed by atoms with Gasteiger partial charge in [-0.1, -0.05) is 20.8 Å². The average Bonchev–Trinajstić information content (AvgIpc) is 1.65. The van der Waals surface area contributed by atoms with E-state index >= 15 is 0 Å². The van der Waals surface area contributed by atoms with Crippen LogP contribution in [0.15, 0.2) is 71.4 Å². The number of aliphatic carboxylic acids is 1. The number of nitro groups is 1. The maximum absolute atomic E-state index is 14.3. The number of nitrogens with one attached hydrogen (secondary N) is 3. The Labute approximate surface area is 502 Å². The number of unbranched alkanes of at least 4 members (excludes halogenated alkanes) is 1. The lowest BCUT2D eigenvalue weighted by atomic mass is 9.77. The van der Waals surface area contributed by atoms with Crippen molar-refractivity contribution in [2.75, 3.05) is 82.8 Å². The number of nitro benzene ring substituents is 1. The van der Waals surface area contributed by atoms with Gasteiger partial charge in [0.05, 0.1) is 47.5 Å². The molecule has 5 aromatic rings. The highest BCUT2D eigenvalue weighted by atomic mass is 16.6. The zero-order chi connectivity index (χ0) is 62.9. The van der Waals surface area contributed by atoms with Gasteiger partial charge in [-0.3, -0.25) is 38.9 Å². The molecule has 464 valence electrons. The van der Waals surface area contributed by atoms with E-state index in [0.717, 1.165) is 11.4 Å². The van der Waals surface area contributed by atoms with Crippen LogP contribution in [0.1, 0.15) is 123 Å². The van der Waals surface area contributed by atoms with Gasteiger partial charge >= 0.3 is 17.6 Å². The van der Waals surface area contributed by atoms with Crippen LogP contribution < -0.4 is 30.5 Å². The molecule has 3 amide bonds. The topological polar surface area (TPSA) is 322 Å². The highest BCUT2D eigenvalue weighted by molar-refractivity contribution is 6.03. The number of carboxylic acids is 1. The van der Waals surface area contributed by atoms with Crippen molar-refractivity contribution in [3.05, 3.63) is 105 Å². The number of fused-ring (bicyclic) bond motifs is 7. The number of amides is 3. The van der Waals surface area contributed by atoms with E-state index < -0.39 is 82.5 Å².